The van der Waals surface area contributed by atoms with Gasteiger partial charge in [-0.05, 0) is 19.3 Å². The predicted molar refractivity (Wildman–Crippen MR) is 60.8 cm³/mol. The van der Waals surface area contributed by atoms with Gasteiger partial charge < -0.3 is 0 Å². The smallest absolute Gasteiger partial charge is 0.212 e. The molecule has 0 unspecified atom stereocenters. The van der Waals surface area contributed by atoms with E-state index in [1.54, 1.807) is 4.31 Å². The van der Waals surface area contributed by atoms with Crippen molar-refractivity contribution in [3.63, 3.8) is 0 Å². The van der Waals surface area contributed by atoms with E-state index < -0.39 is 10.0 Å². The molecule has 3 nitrogen and oxygen atoms in total. The van der Waals surface area contributed by atoms with Crippen molar-refractivity contribution in [1.82, 2.24) is 4.31 Å². The Bertz CT molecular complexity index is 224. The zero-order chi connectivity index (χ0) is 11.0. The average Bonchev–Trinajstić information content (AvgIpc) is 2.11. The summed E-state index contributed by atoms with van der Waals surface area (Å²) in [5.74, 6) is 0.288. The van der Waals surface area contributed by atoms with Crippen LogP contribution < -0.4 is 0 Å². The molecule has 0 radical (unpaired) electrons. The first-order chi connectivity index (χ1) is 6.58. The van der Waals surface area contributed by atoms with Crippen LogP contribution in [0.5, 0.6) is 0 Å². The van der Waals surface area contributed by atoms with Gasteiger partial charge in [0.1, 0.15) is 0 Å². The summed E-state index contributed by atoms with van der Waals surface area (Å²) in [5.41, 5.74) is 0. The maximum absolute atomic E-state index is 11.8. The maximum Gasteiger partial charge on any atom is 0.214 e. The van der Waals surface area contributed by atoms with Gasteiger partial charge in [0.2, 0.25) is 10.0 Å². The number of sulfonamides is 1. The van der Waals surface area contributed by atoms with Crippen molar-refractivity contribution in [2.24, 2.45) is 0 Å². The Hall–Kier alpha value is -0.0900. The molecule has 0 aliphatic carbocycles. The summed E-state index contributed by atoms with van der Waals surface area (Å²) in [7, 11) is -2.97. The van der Waals surface area contributed by atoms with Crippen molar-refractivity contribution >= 4 is 10.0 Å². The van der Waals surface area contributed by atoms with Gasteiger partial charge in [0.05, 0.1) is 5.75 Å². The van der Waals surface area contributed by atoms with Gasteiger partial charge in [0.25, 0.3) is 0 Å². The molecule has 0 saturated carbocycles. The molecule has 0 aliphatic heterocycles. The molecule has 0 saturated heterocycles. The van der Waals surface area contributed by atoms with Gasteiger partial charge in [-0.1, -0.05) is 27.2 Å². The van der Waals surface area contributed by atoms with Crippen LogP contribution in [0.1, 0.15) is 46.5 Å². The second kappa shape index (κ2) is 7.23. The summed E-state index contributed by atoms with van der Waals surface area (Å²) < 4.78 is 25.1. The Balaban J connectivity index is 4.30. The number of hydrogen-bond acceptors (Lipinski definition) is 2. The number of unbranched alkanes of at least 4 members (excludes halogenated alkanes) is 1. The zero-order valence-electron chi connectivity index (χ0n) is 9.62. The molecule has 0 aromatic rings. The summed E-state index contributed by atoms with van der Waals surface area (Å²) in [4.78, 5) is 0. The third-order valence-electron chi connectivity index (χ3n) is 2.09. The third-order valence-corrected chi connectivity index (χ3v) is 4.17. The van der Waals surface area contributed by atoms with Gasteiger partial charge in [-0.3, -0.25) is 0 Å². The highest BCUT2D eigenvalue weighted by Crippen LogP contribution is 2.06. The highest BCUT2D eigenvalue weighted by molar-refractivity contribution is 7.89. The quantitative estimate of drug-likeness (QED) is 0.630. The summed E-state index contributed by atoms with van der Waals surface area (Å²) in [6.07, 6.45) is 3.60. The highest BCUT2D eigenvalue weighted by Gasteiger charge is 2.18. The predicted octanol–water partition coefficient (Wildman–Crippen LogP) is 2.24. The third kappa shape index (κ3) is 4.96. The number of nitrogens with zero attached hydrogens (tertiary/aromatic N) is 1. The number of hydrogen-bond donors (Lipinski definition) is 0. The van der Waals surface area contributed by atoms with Gasteiger partial charge in [0, 0.05) is 13.1 Å². The van der Waals surface area contributed by atoms with Gasteiger partial charge in [-0.25, -0.2) is 12.7 Å². The average molecular weight is 221 g/mol. The van der Waals surface area contributed by atoms with Crippen LogP contribution in [0.3, 0.4) is 0 Å². The summed E-state index contributed by atoms with van der Waals surface area (Å²) in [6.45, 7) is 7.35. The fourth-order valence-corrected chi connectivity index (χ4v) is 3.00. The molecule has 4 heteroatoms. The molecule has 0 N–H and O–H groups in total. The first kappa shape index (κ1) is 13.9. The fourth-order valence-electron chi connectivity index (χ4n) is 1.36. The molecule has 0 atom stereocenters. The molecule has 0 heterocycles. The van der Waals surface area contributed by atoms with Crippen molar-refractivity contribution in [2.45, 2.75) is 46.5 Å². The van der Waals surface area contributed by atoms with E-state index in [2.05, 4.69) is 6.92 Å². The fraction of sp³-hybridized carbons (Fsp3) is 1.00. The zero-order valence-corrected chi connectivity index (χ0v) is 10.4. The van der Waals surface area contributed by atoms with Crippen LogP contribution in [0.25, 0.3) is 0 Å². The Kier molecular flexibility index (Phi) is 7.19. The largest absolute Gasteiger partial charge is 0.214 e. The van der Waals surface area contributed by atoms with Gasteiger partial charge in [0.15, 0.2) is 0 Å². The SMILES string of the molecule is CCCCN(CCC)S(=O)(=O)CCC. The van der Waals surface area contributed by atoms with E-state index in [9.17, 15) is 8.42 Å². The van der Waals surface area contributed by atoms with Crippen molar-refractivity contribution in [1.29, 1.82) is 0 Å². The second-order valence-electron chi connectivity index (χ2n) is 3.57. The molecule has 0 fully saturated rings. The standard InChI is InChI=1S/C10H23NO2S/c1-4-7-9-11(8-5-2)14(12,13)10-6-3/h4-10H2,1-3H3. The van der Waals surface area contributed by atoms with Crippen LogP contribution in [-0.4, -0.2) is 31.6 Å². The maximum atomic E-state index is 11.8. The van der Waals surface area contributed by atoms with Gasteiger partial charge in [-0.15, -0.1) is 0 Å². The van der Waals surface area contributed by atoms with E-state index >= 15 is 0 Å². The molecule has 0 spiro atoms. The van der Waals surface area contributed by atoms with Crippen molar-refractivity contribution < 1.29 is 8.42 Å². The Morgan fingerprint density at radius 2 is 1.57 bits per heavy atom. The molecule has 0 aliphatic rings. The Labute approximate surface area is 88.5 Å². The molecule has 86 valence electrons. The summed E-state index contributed by atoms with van der Waals surface area (Å²) >= 11 is 0. The van der Waals surface area contributed by atoms with Crippen LogP contribution in [0.4, 0.5) is 0 Å². The topological polar surface area (TPSA) is 37.4 Å². The van der Waals surface area contributed by atoms with E-state index in [0.29, 0.717) is 19.5 Å². The van der Waals surface area contributed by atoms with Crippen molar-refractivity contribution in [3.05, 3.63) is 0 Å². The van der Waals surface area contributed by atoms with Gasteiger partial charge in [-0.2, -0.15) is 0 Å². The second-order valence-corrected chi connectivity index (χ2v) is 5.66. The Morgan fingerprint density at radius 1 is 0.929 bits per heavy atom. The molecule has 0 aromatic heterocycles. The normalized spacial score (nSPS) is 12.3. The van der Waals surface area contributed by atoms with Crippen LogP contribution >= 0.6 is 0 Å². The molecular weight excluding hydrogens is 198 g/mol. The van der Waals surface area contributed by atoms with Crippen LogP contribution in [-0.2, 0) is 10.0 Å². The van der Waals surface area contributed by atoms with Crippen LogP contribution in [0, 0.1) is 0 Å². The lowest BCUT2D eigenvalue weighted by Crippen LogP contribution is -2.34. The molecule has 0 rings (SSSR count). The first-order valence-corrected chi connectivity index (χ1v) is 7.17. The minimum atomic E-state index is -2.97. The van der Waals surface area contributed by atoms with Crippen molar-refractivity contribution in [3.8, 4) is 0 Å². The van der Waals surface area contributed by atoms with E-state index in [0.717, 1.165) is 19.3 Å². The summed E-state index contributed by atoms with van der Waals surface area (Å²) in [5, 5.41) is 0. The molecular formula is C10H23NO2S. The molecule has 0 aromatic carbocycles. The highest BCUT2D eigenvalue weighted by atomic mass is 32.2. The minimum Gasteiger partial charge on any atom is -0.212 e. The summed E-state index contributed by atoms with van der Waals surface area (Å²) in [6, 6.07) is 0. The Morgan fingerprint density at radius 3 is 2.00 bits per heavy atom. The molecule has 14 heavy (non-hydrogen) atoms. The monoisotopic (exact) mass is 221 g/mol. The van der Waals surface area contributed by atoms with Crippen molar-refractivity contribution in [2.75, 3.05) is 18.8 Å². The molecule has 0 bridgehead atoms. The lowest BCUT2D eigenvalue weighted by Gasteiger charge is -2.20. The van der Waals surface area contributed by atoms with Crippen LogP contribution in [0.2, 0.25) is 0 Å². The van der Waals surface area contributed by atoms with E-state index in [1.807, 2.05) is 13.8 Å². The lowest BCUT2D eigenvalue weighted by atomic mass is 10.3. The molecule has 0 amide bonds. The number of rotatable bonds is 8. The van der Waals surface area contributed by atoms with E-state index in [4.69, 9.17) is 0 Å². The van der Waals surface area contributed by atoms with E-state index in [1.165, 1.54) is 0 Å². The minimum absolute atomic E-state index is 0.288. The van der Waals surface area contributed by atoms with Crippen LogP contribution in [0.15, 0.2) is 0 Å². The first-order valence-electron chi connectivity index (χ1n) is 5.56. The van der Waals surface area contributed by atoms with Gasteiger partial charge >= 0.3 is 0 Å². The van der Waals surface area contributed by atoms with E-state index in [-0.39, 0.29) is 5.75 Å². The lowest BCUT2D eigenvalue weighted by molar-refractivity contribution is 0.402.